The molecule has 0 bridgehead atoms. The molecule has 1 rings (SSSR count). The topological polar surface area (TPSA) is 137 Å². The summed E-state index contributed by atoms with van der Waals surface area (Å²) < 4.78 is 6.44. The van der Waals surface area contributed by atoms with E-state index in [0.29, 0.717) is 12.1 Å². The van der Waals surface area contributed by atoms with Gasteiger partial charge >= 0.3 is 5.69 Å². The fourth-order valence-electron chi connectivity index (χ4n) is 1.46. The van der Waals surface area contributed by atoms with Gasteiger partial charge in [0.2, 0.25) is 0 Å². The third-order valence-electron chi connectivity index (χ3n) is 2.63. The Balaban J connectivity index is 2.89. The van der Waals surface area contributed by atoms with Gasteiger partial charge < -0.3 is 26.4 Å². The predicted octanol–water partition coefficient (Wildman–Crippen LogP) is -1.49. The first-order valence-corrected chi connectivity index (χ1v) is 6.13. The third-order valence-corrected chi connectivity index (χ3v) is 2.63. The molecule has 8 heteroatoms. The molecule has 0 amide bonds. The lowest BCUT2D eigenvalue weighted by Gasteiger charge is -2.18. The van der Waals surface area contributed by atoms with Gasteiger partial charge in [-0.1, -0.05) is 12.2 Å². The molecule has 0 spiro atoms. The standard InChI is InChI=1S/C12H20N4O4/c1-8(18)10(6-17)20-7-16-5-9(3-2-4-13)11(14)15-12(16)19/h2-3,5,8,10,17-18H,4,6-7,13H2,1H3,(H2,14,15,19)/b3-2+/t8?,10-/m1/s1. The average Bonchev–Trinajstić information content (AvgIpc) is 2.40. The lowest BCUT2D eigenvalue weighted by molar-refractivity contribution is -0.0823. The van der Waals surface area contributed by atoms with Gasteiger partial charge in [-0.15, -0.1) is 0 Å². The van der Waals surface area contributed by atoms with Crippen LogP contribution in [0, 0.1) is 0 Å². The molecule has 0 saturated heterocycles. The second kappa shape index (κ2) is 7.75. The van der Waals surface area contributed by atoms with Crippen LogP contribution in [0.15, 0.2) is 17.1 Å². The Hall–Kier alpha value is -1.74. The highest BCUT2D eigenvalue weighted by atomic mass is 16.5. The third kappa shape index (κ3) is 4.42. The van der Waals surface area contributed by atoms with E-state index in [2.05, 4.69) is 4.98 Å². The van der Waals surface area contributed by atoms with E-state index in [-0.39, 0.29) is 19.2 Å². The molecule has 0 fully saturated rings. The molecule has 1 heterocycles. The molecule has 0 aliphatic carbocycles. The molecular weight excluding hydrogens is 264 g/mol. The Morgan fingerprint density at radius 2 is 2.30 bits per heavy atom. The number of aliphatic hydroxyl groups is 2. The Morgan fingerprint density at radius 1 is 1.60 bits per heavy atom. The fourth-order valence-corrected chi connectivity index (χ4v) is 1.46. The maximum Gasteiger partial charge on any atom is 0.351 e. The van der Waals surface area contributed by atoms with Gasteiger partial charge in [0.1, 0.15) is 18.7 Å². The van der Waals surface area contributed by atoms with Crippen LogP contribution in [-0.2, 0) is 11.5 Å². The summed E-state index contributed by atoms with van der Waals surface area (Å²) in [6.45, 7) is 1.32. The zero-order valence-electron chi connectivity index (χ0n) is 11.3. The Labute approximate surface area is 116 Å². The minimum absolute atomic E-state index is 0.102. The van der Waals surface area contributed by atoms with Crippen molar-refractivity contribution in [1.29, 1.82) is 0 Å². The SMILES string of the molecule is CC(O)[C@@H](CO)OCn1cc(/C=C/CN)c(N)nc1=O. The number of nitrogen functional groups attached to an aromatic ring is 1. The van der Waals surface area contributed by atoms with Crippen LogP contribution >= 0.6 is 0 Å². The van der Waals surface area contributed by atoms with Crippen LogP contribution in [0.4, 0.5) is 5.82 Å². The van der Waals surface area contributed by atoms with Gasteiger partial charge in [0.05, 0.1) is 12.7 Å². The van der Waals surface area contributed by atoms with Crippen LogP contribution < -0.4 is 17.2 Å². The molecule has 0 aliphatic heterocycles. The lowest BCUT2D eigenvalue weighted by atomic mass is 10.2. The molecule has 0 radical (unpaired) electrons. The van der Waals surface area contributed by atoms with Crippen molar-refractivity contribution in [3.05, 3.63) is 28.3 Å². The number of aliphatic hydroxyl groups excluding tert-OH is 2. The molecule has 1 unspecified atom stereocenters. The maximum absolute atomic E-state index is 11.7. The second-order valence-electron chi connectivity index (χ2n) is 4.23. The highest BCUT2D eigenvalue weighted by Crippen LogP contribution is 2.08. The maximum atomic E-state index is 11.7. The van der Waals surface area contributed by atoms with Crippen LogP contribution in [0.5, 0.6) is 0 Å². The van der Waals surface area contributed by atoms with Gasteiger partial charge in [-0.3, -0.25) is 4.57 Å². The summed E-state index contributed by atoms with van der Waals surface area (Å²) in [5.74, 6) is 0.102. The predicted molar refractivity (Wildman–Crippen MR) is 74.6 cm³/mol. The zero-order valence-corrected chi connectivity index (χ0v) is 11.3. The van der Waals surface area contributed by atoms with Crippen LogP contribution in [0.3, 0.4) is 0 Å². The van der Waals surface area contributed by atoms with Crippen molar-refractivity contribution in [2.75, 3.05) is 18.9 Å². The van der Waals surface area contributed by atoms with E-state index in [9.17, 15) is 9.90 Å². The summed E-state index contributed by atoms with van der Waals surface area (Å²) >= 11 is 0. The van der Waals surface area contributed by atoms with Crippen LogP contribution in [0.1, 0.15) is 12.5 Å². The second-order valence-corrected chi connectivity index (χ2v) is 4.23. The highest BCUT2D eigenvalue weighted by molar-refractivity contribution is 5.59. The van der Waals surface area contributed by atoms with Crippen molar-refractivity contribution in [3.8, 4) is 0 Å². The molecule has 112 valence electrons. The molecule has 1 aromatic rings. The zero-order chi connectivity index (χ0) is 15.1. The van der Waals surface area contributed by atoms with E-state index >= 15 is 0 Å². The van der Waals surface area contributed by atoms with Crippen molar-refractivity contribution >= 4 is 11.9 Å². The molecule has 2 atom stereocenters. The van der Waals surface area contributed by atoms with E-state index in [1.54, 1.807) is 12.2 Å². The summed E-state index contributed by atoms with van der Waals surface area (Å²) in [7, 11) is 0. The van der Waals surface area contributed by atoms with Crippen LogP contribution in [-0.4, -0.2) is 45.1 Å². The number of anilines is 1. The number of nitrogens with zero attached hydrogens (tertiary/aromatic N) is 2. The molecule has 6 N–H and O–H groups in total. The van der Waals surface area contributed by atoms with E-state index in [4.69, 9.17) is 21.3 Å². The first-order chi connectivity index (χ1) is 9.49. The van der Waals surface area contributed by atoms with Gasteiger partial charge in [-0.25, -0.2) is 4.79 Å². The lowest BCUT2D eigenvalue weighted by Crippen LogP contribution is -2.33. The molecule has 1 aromatic heterocycles. The molecular formula is C12H20N4O4. The van der Waals surface area contributed by atoms with Gasteiger partial charge in [0, 0.05) is 18.3 Å². The number of ether oxygens (including phenoxy) is 1. The smallest absolute Gasteiger partial charge is 0.351 e. The largest absolute Gasteiger partial charge is 0.394 e. The van der Waals surface area contributed by atoms with Crippen LogP contribution in [0.2, 0.25) is 0 Å². The summed E-state index contributed by atoms with van der Waals surface area (Å²) in [4.78, 5) is 15.3. The van der Waals surface area contributed by atoms with Crippen molar-refractivity contribution in [3.63, 3.8) is 0 Å². The number of rotatable bonds is 7. The van der Waals surface area contributed by atoms with Gasteiger partial charge in [-0.05, 0) is 6.92 Å². The number of nitrogens with two attached hydrogens (primary N) is 2. The molecule has 0 aromatic carbocycles. The van der Waals surface area contributed by atoms with Crippen LogP contribution in [0.25, 0.3) is 6.08 Å². The highest BCUT2D eigenvalue weighted by Gasteiger charge is 2.15. The van der Waals surface area contributed by atoms with Crippen molar-refractivity contribution in [1.82, 2.24) is 9.55 Å². The van der Waals surface area contributed by atoms with E-state index < -0.39 is 17.9 Å². The average molecular weight is 284 g/mol. The molecule has 8 nitrogen and oxygen atoms in total. The number of aromatic nitrogens is 2. The normalized spacial score (nSPS) is 14.6. The van der Waals surface area contributed by atoms with E-state index in [0.717, 1.165) is 0 Å². The van der Waals surface area contributed by atoms with Crippen molar-refractivity contribution < 1.29 is 14.9 Å². The summed E-state index contributed by atoms with van der Waals surface area (Å²) in [6, 6.07) is 0. The van der Waals surface area contributed by atoms with Crippen molar-refractivity contribution in [2.45, 2.75) is 25.9 Å². The summed E-state index contributed by atoms with van der Waals surface area (Å²) in [5.41, 5.74) is 10.9. The molecule has 0 aliphatic rings. The van der Waals surface area contributed by atoms with Gasteiger partial charge in [0.15, 0.2) is 0 Å². The van der Waals surface area contributed by atoms with E-state index in [1.807, 2.05) is 0 Å². The Morgan fingerprint density at radius 3 is 2.85 bits per heavy atom. The summed E-state index contributed by atoms with van der Waals surface area (Å²) in [6.07, 6.45) is 3.18. The Kier molecular flexibility index (Phi) is 6.32. The Bertz CT molecular complexity index is 513. The first kappa shape index (κ1) is 16.3. The van der Waals surface area contributed by atoms with Gasteiger partial charge in [0.25, 0.3) is 0 Å². The summed E-state index contributed by atoms with van der Waals surface area (Å²) in [5, 5.41) is 18.4. The van der Waals surface area contributed by atoms with Crippen molar-refractivity contribution in [2.24, 2.45) is 5.73 Å². The van der Waals surface area contributed by atoms with E-state index in [1.165, 1.54) is 17.7 Å². The minimum atomic E-state index is -0.853. The monoisotopic (exact) mass is 284 g/mol. The molecule has 20 heavy (non-hydrogen) atoms. The molecule has 0 saturated carbocycles. The minimum Gasteiger partial charge on any atom is -0.394 e. The van der Waals surface area contributed by atoms with Gasteiger partial charge in [-0.2, -0.15) is 4.98 Å². The quantitative estimate of drug-likeness (QED) is 0.479. The number of hydrogen-bond acceptors (Lipinski definition) is 7. The fraction of sp³-hybridized carbons (Fsp3) is 0.500. The number of hydrogen-bond donors (Lipinski definition) is 4. The first-order valence-electron chi connectivity index (χ1n) is 6.13.